The number of aliphatic hydroxyl groups is 1. The number of carbonyl (C=O) groups excluding carboxylic acids is 3. The summed E-state index contributed by atoms with van der Waals surface area (Å²) in [6.07, 6.45) is 6.24. The van der Waals surface area contributed by atoms with Crippen LogP contribution >= 0.6 is 23.5 Å². The van der Waals surface area contributed by atoms with Gasteiger partial charge in [0.25, 0.3) is 31.7 Å². The molecular formula is C59H75N7O26P3S2+. The van der Waals surface area contributed by atoms with E-state index in [1.807, 2.05) is 37.2 Å². The summed E-state index contributed by atoms with van der Waals surface area (Å²) in [5.41, 5.74) is -1.07. The van der Waals surface area contributed by atoms with E-state index in [1.165, 1.54) is 30.4 Å². The van der Waals surface area contributed by atoms with Gasteiger partial charge in [0.2, 0.25) is 17.2 Å². The van der Waals surface area contributed by atoms with Crippen LogP contribution in [0.1, 0.15) is 140 Å². The van der Waals surface area contributed by atoms with Gasteiger partial charge in [-0.15, -0.1) is 0 Å². The van der Waals surface area contributed by atoms with Gasteiger partial charge in [-0.05, 0) is 86.6 Å². The van der Waals surface area contributed by atoms with E-state index in [4.69, 9.17) is 19.3 Å². The van der Waals surface area contributed by atoms with Crippen LogP contribution in [0.4, 0.5) is 5.69 Å². The van der Waals surface area contributed by atoms with Crippen LogP contribution in [-0.2, 0) is 61.4 Å². The second kappa shape index (κ2) is 29.7. The molecule has 5 heterocycles. The van der Waals surface area contributed by atoms with Crippen molar-refractivity contribution < 1.29 is 111 Å². The fourth-order valence-corrected chi connectivity index (χ4v) is 15.7. The average molecular weight is 1460 g/mol. The number of nitrogens with zero attached hydrogens (tertiary/aromatic N) is 3. The van der Waals surface area contributed by atoms with E-state index in [-0.39, 0.29) is 94.6 Å². The van der Waals surface area contributed by atoms with Crippen molar-refractivity contribution in [3.8, 4) is 11.5 Å². The molecule has 0 saturated carbocycles. The molecule has 2 unspecified atom stereocenters. The number of phosphoric ester groups is 1. The number of carbonyl (C=O) groups is 4. The van der Waals surface area contributed by atoms with E-state index >= 15 is 0 Å². The quantitative estimate of drug-likeness (QED) is 0.0136. The van der Waals surface area contributed by atoms with E-state index in [2.05, 4.69) is 34.1 Å². The van der Waals surface area contributed by atoms with Crippen LogP contribution < -0.4 is 52.0 Å². The summed E-state index contributed by atoms with van der Waals surface area (Å²) in [6.45, 7) is 6.96. The van der Waals surface area contributed by atoms with Crippen LogP contribution in [0.5, 0.6) is 11.5 Å². The van der Waals surface area contributed by atoms with E-state index in [1.54, 1.807) is 50.5 Å². The van der Waals surface area contributed by atoms with Crippen LogP contribution in [0, 0.1) is 0 Å². The van der Waals surface area contributed by atoms with Crippen molar-refractivity contribution in [1.29, 1.82) is 0 Å². The maximum atomic E-state index is 13.7. The van der Waals surface area contributed by atoms with Crippen LogP contribution in [0.25, 0.3) is 22.8 Å². The van der Waals surface area contributed by atoms with Gasteiger partial charge in [-0.3, -0.25) is 42.4 Å². The number of aromatic amines is 1. The lowest BCUT2D eigenvalue weighted by atomic mass is 9.83. The van der Waals surface area contributed by atoms with E-state index in [0.717, 1.165) is 10.8 Å². The number of amides is 3. The second-order valence-corrected chi connectivity index (χ2v) is 31.8. The summed E-state index contributed by atoms with van der Waals surface area (Å²) in [6, 6.07) is 10.9. The highest BCUT2D eigenvalue weighted by atomic mass is 32.2. The predicted molar refractivity (Wildman–Crippen MR) is 350 cm³/mol. The Bertz CT molecular complexity index is 4580. The molecule has 38 heteroatoms. The number of H-pyrrole nitrogens is 1. The highest BCUT2D eigenvalue weighted by molar-refractivity contribution is 7.86. The molecule has 5 atom stereocenters. The fraction of sp³-hybridized carbons (Fsp3) is 0.441. The number of hydrogen-bond donors (Lipinski definition) is 12. The first kappa shape index (κ1) is 75.6. The van der Waals surface area contributed by atoms with Gasteiger partial charge < -0.3 is 60.1 Å². The Balaban J connectivity index is 0.811. The third-order valence-electron chi connectivity index (χ3n) is 16.4. The molecular weight excluding hydrogens is 1380 g/mol. The molecule has 1 fully saturated rings. The topological polar surface area (TPSA) is 493 Å². The van der Waals surface area contributed by atoms with Crippen molar-refractivity contribution in [3.05, 3.63) is 137 Å². The average Bonchev–Trinajstić information content (AvgIpc) is 0.972. The second-order valence-electron chi connectivity index (χ2n) is 24.5. The van der Waals surface area contributed by atoms with Gasteiger partial charge in [0.05, 0.1) is 41.0 Å². The van der Waals surface area contributed by atoms with Gasteiger partial charge in [-0.2, -0.15) is 25.5 Å². The Morgan fingerprint density at radius 1 is 0.773 bits per heavy atom. The minimum Gasteiger partial charge on any atom is -0.478 e. The molecule has 3 amide bonds. The summed E-state index contributed by atoms with van der Waals surface area (Å²) in [4.78, 5) is 118. The zero-order valence-electron chi connectivity index (χ0n) is 53.2. The lowest BCUT2D eigenvalue weighted by molar-refractivity contribution is -0.122. The number of fused-ring (bicyclic) bond motifs is 4. The molecule has 1 aromatic heterocycles. The maximum Gasteiger partial charge on any atom is 0.490 e. The highest BCUT2D eigenvalue weighted by Gasteiger charge is 2.44. The van der Waals surface area contributed by atoms with E-state index < -0.39 is 114 Å². The van der Waals surface area contributed by atoms with Crippen molar-refractivity contribution >= 4 is 95.9 Å². The third kappa shape index (κ3) is 19.6. The number of carboxylic acid groups (broad SMARTS) is 1. The molecule has 4 aliphatic heterocycles. The fourth-order valence-electron chi connectivity index (χ4n) is 11.4. The Hall–Kier alpha value is -7.14. The molecule has 0 bridgehead atoms. The molecule has 3 aromatic carbocycles. The Morgan fingerprint density at radius 3 is 2.03 bits per heavy atom. The monoisotopic (exact) mass is 1450 g/mol. The number of rotatable bonds is 30. The zero-order chi connectivity index (χ0) is 71.5. The summed E-state index contributed by atoms with van der Waals surface area (Å²) in [5, 5.41) is 30.5. The number of aromatic nitrogens is 2. The van der Waals surface area contributed by atoms with E-state index in [0.29, 0.717) is 78.0 Å². The van der Waals surface area contributed by atoms with E-state index in [9.17, 15) is 88.4 Å². The number of phosphoric acid groups is 3. The SMILES string of the molecule is CN1c2cc3c(cc2C(CS(=O)(=O)O)=CC1(C)C)C(c1ccc(C(=O)NCCCCCC(=O)NCCCCCC(=O)NC/C=C/c2cn([C@H]4C[C@H](O)[C@@H](COP(=O)(O)OP(=O)(O)OP(=O)(O)O)O4)c(=O)[nH]c2=O)cc1C(=O)O)=c1cc2c(cc1O3)=[N+](C)C(C)(C)C=C2CS(=O)(=O)O. The molecule has 1 saturated heterocycles. The number of anilines is 1. The first-order chi connectivity index (χ1) is 45.0. The Morgan fingerprint density at radius 2 is 1.40 bits per heavy atom. The van der Waals surface area contributed by atoms with Gasteiger partial charge in [0.1, 0.15) is 42.4 Å². The van der Waals surface area contributed by atoms with Gasteiger partial charge in [-0.25, -0.2) is 27.9 Å². The molecule has 12 N–H and O–H groups in total. The largest absolute Gasteiger partial charge is 0.490 e. The van der Waals surface area contributed by atoms with Crippen molar-refractivity contribution in [2.75, 3.05) is 56.7 Å². The Labute approximate surface area is 555 Å². The molecule has 0 aliphatic carbocycles. The lowest BCUT2D eigenvalue weighted by Crippen LogP contribution is -2.47. The van der Waals surface area contributed by atoms with Crippen molar-refractivity contribution in [1.82, 2.24) is 30.1 Å². The maximum absolute atomic E-state index is 13.7. The number of hydrogen-bond acceptors (Lipinski definition) is 20. The van der Waals surface area contributed by atoms with Gasteiger partial charge in [-0.1, -0.05) is 37.1 Å². The molecule has 0 spiro atoms. The molecule has 8 rings (SSSR count). The third-order valence-corrected chi connectivity index (χ3v) is 21.6. The number of nitrogens with one attached hydrogen (secondary N) is 4. The molecule has 4 aliphatic rings. The first-order valence-corrected chi connectivity index (χ1v) is 37.8. The van der Waals surface area contributed by atoms with Crippen LogP contribution in [0.2, 0.25) is 0 Å². The lowest BCUT2D eigenvalue weighted by Gasteiger charge is -2.41. The van der Waals surface area contributed by atoms with Gasteiger partial charge in [0.15, 0.2) is 5.54 Å². The summed E-state index contributed by atoms with van der Waals surface area (Å²) in [5.74, 6) is -3.47. The van der Waals surface area contributed by atoms with Crippen molar-refractivity contribution in [2.45, 2.75) is 115 Å². The van der Waals surface area contributed by atoms with Gasteiger partial charge in [0, 0.05) is 105 Å². The number of unbranched alkanes of at least 4 members (excludes halogenated alkanes) is 4. The van der Waals surface area contributed by atoms with Crippen molar-refractivity contribution in [3.63, 3.8) is 0 Å². The number of carboxylic acids is 1. The molecule has 0 radical (unpaired) electrons. The summed E-state index contributed by atoms with van der Waals surface area (Å²) < 4.78 is 131. The molecule has 528 valence electrons. The number of benzene rings is 3. The first-order valence-electron chi connectivity index (χ1n) is 30.1. The summed E-state index contributed by atoms with van der Waals surface area (Å²) in [7, 11) is -22.5. The Kier molecular flexibility index (Phi) is 23.2. The van der Waals surface area contributed by atoms with Crippen LogP contribution in [-0.4, -0.2) is 164 Å². The smallest absolute Gasteiger partial charge is 0.478 e. The minimum absolute atomic E-state index is 0.00913. The normalized spacial score (nSPS) is 19.3. The number of likely N-dealkylation sites (N-methyl/N-ethyl adjacent to an activating group) is 2. The van der Waals surface area contributed by atoms with Crippen LogP contribution in [0.15, 0.2) is 76.5 Å². The van der Waals surface area contributed by atoms with Gasteiger partial charge >= 0.3 is 35.1 Å². The zero-order valence-corrected chi connectivity index (χ0v) is 57.5. The number of aliphatic hydroxyl groups excluding tert-OH is 1. The standard InChI is InChI=1S/C59H74N7O26P3S2/c1-58(2)28-36(32-96(82,83)84)39-23-42-47(25-44(39)64(58)5)89-48-26-45-40(37(33-97(85,86)87)29-59(3,4)65(45)6)24-43(48)53(42)38-18-17-34(22-41(38)56(72)73)54(70)62-20-12-8-10-15-50(68)60-19-11-7-9-16-51(69)61-21-13-14-35-30-66(57(74)63-55(35)71)52-27-46(67)49(90-52)31-88-94(78,79)92-95(80,81)91-93(75,76)77/h13-14,17-18,22-26,28-30,46,49,52,67H,7-12,15-16,19-21,27,31-33H2,1-6H3,(H10-,60,61,62,63,68,69,70,71,72,73,74,75,76,77,78,79,80,81,82,83,84,85,86,87)/p+1/b14-13+/t46-,49+,52+/m0/s1. The molecule has 4 aromatic rings. The number of ether oxygens (including phenoxy) is 2. The number of aromatic carboxylic acids is 1. The minimum atomic E-state index is -5.81. The highest BCUT2D eigenvalue weighted by Crippen LogP contribution is 2.66. The van der Waals surface area contributed by atoms with Crippen molar-refractivity contribution in [2.24, 2.45) is 0 Å². The van der Waals surface area contributed by atoms with Crippen LogP contribution in [0.3, 0.4) is 0 Å². The molecule has 33 nitrogen and oxygen atoms in total. The summed E-state index contributed by atoms with van der Waals surface area (Å²) >= 11 is 0. The predicted octanol–water partition coefficient (Wildman–Crippen LogP) is 3.06. The molecule has 97 heavy (non-hydrogen) atoms.